The number of halogens is 2. The first-order valence-electron chi connectivity index (χ1n) is 6.38. The molecule has 2 atom stereocenters. The van der Waals surface area contributed by atoms with E-state index in [9.17, 15) is 14.3 Å². The lowest BCUT2D eigenvalue weighted by Crippen LogP contribution is -2.52. The quantitative estimate of drug-likeness (QED) is 0.751. The molecule has 0 aliphatic heterocycles. The van der Waals surface area contributed by atoms with Gasteiger partial charge >= 0.3 is 0 Å². The van der Waals surface area contributed by atoms with E-state index in [1.54, 1.807) is 19.1 Å². The molecule has 0 heterocycles. The van der Waals surface area contributed by atoms with E-state index in [1.165, 1.54) is 12.1 Å². The smallest absolute Gasteiger partial charge is 0.239 e. The van der Waals surface area contributed by atoms with Crippen LogP contribution in [0.15, 0.2) is 24.3 Å². The van der Waals surface area contributed by atoms with Crippen LogP contribution in [0.3, 0.4) is 0 Å². The lowest BCUT2D eigenvalue weighted by Gasteiger charge is -2.23. The Morgan fingerprint density at radius 3 is 2.65 bits per heavy atom. The van der Waals surface area contributed by atoms with Crippen LogP contribution in [0.4, 0.5) is 4.39 Å². The fourth-order valence-corrected chi connectivity index (χ4v) is 1.88. The van der Waals surface area contributed by atoms with Gasteiger partial charge in [0.1, 0.15) is 5.82 Å². The molecule has 2 unspecified atom stereocenters. The van der Waals surface area contributed by atoms with Crippen molar-refractivity contribution in [1.29, 1.82) is 0 Å². The molecule has 0 saturated carbocycles. The largest absolute Gasteiger partial charge is 0.386 e. The number of hydrogen-bond acceptors (Lipinski definition) is 3. The van der Waals surface area contributed by atoms with Crippen LogP contribution in [-0.4, -0.2) is 23.1 Å². The molecule has 0 aromatic heterocycles. The average Bonchev–Trinajstić information content (AvgIpc) is 2.36. The molecule has 0 aliphatic rings. The number of rotatable bonds is 6. The second kappa shape index (κ2) is 8.19. The van der Waals surface area contributed by atoms with Gasteiger partial charge in [-0.25, -0.2) is 4.39 Å². The first-order chi connectivity index (χ1) is 8.88. The molecule has 1 amide bonds. The van der Waals surface area contributed by atoms with E-state index in [-0.39, 0.29) is 30.4 Å². The van der Waals surface area contributed by atoms with E-state index in [0.717, 1.165) is 6.42 Å². The van der Waals surface area contributed by atoms with E-state index in [4.69, 9.17) is 5.73 Å². The maximum Gasteiger partial charge on any atom is 0.239 e. The number of carbonyl (C=O) groups excluding carboxylic acids is 1. The van der Waals surface area contributed by atoms with Gasteiger partial charge < -0.3 is 16.2 Å². The molecular formula is C14H22ClFN2O2. The zero-order valence-electron chi connectivity index (χ0n) is 11.7. The van der Waals surface area contributed by atoms with Crippen LogP contribution in [0.1, 0.15) is 38.4 Å². The maximum absolute atomic E-state index is 13.4. The van der Waals surface area contributed by atoms with E-state index in [1.807, 2.05) is 6.92 Å². The van der Waals surface area contributed by atoms with Crippen molar-refractivity contribution in [1.82, 2.24) is 5.32 Å². The Balaban J connectivity index is 0.00000361. The fourth-order valence-electron chi connectivity index (χ4n) is 1.88. The fraction of sp³-hybridized carbons (Fsp3) is 0.500. The molecular weight excluding hydrogens is 283 g/mol. The molecule has 0 radical (unpaired) electrons. The summed E-state index contributed by atoms with van der Waals surface area (Å²) in [5, 5.41) is 12.4. The molecule has 0 bridgehead atoms. The van der Waals surface area contributed by atoms with Crippen molar-refractivity contribution in [2.75, 3.05) is 6.54 Å². The molecule has 0 saturated heterocycles. The van der Waals surface area contributed by atoms with Crippen LogP contribution in [0.25, 0.3) is 0 Å². The molecule has 6 heteroatoms. The number of hydrogen-bond donors (Lipinski definition) is 3. The number of nitrogens with two attached hydrogens (primary N) is 1. The second-order valence-electron chi connectivity index (χ2n) is 4.91. The first kappa shape index (κ1) is 18.8. The van der Waals surface area contributed by atoms with Gasteiger partial charge in [0.25, 0.3) is 0 Å². The molecule has 1 aromatic carbocycles. The molecule has 0 spiro atoms. The number of benzene rings is 1. The summed E-state index contributed by atoms with van der Waals surface area (Å²) in [6, 6.07) is 5.93. The van der Waals surface area contributed by atoms with Gasteiger partial charge in [-0.2, -0.15) is 0 Å². The summed E-state index contributed by atoms with van der Waals surface area (Å²) in [5.74, 6) is -0.835. The maximum atomic E-state index is 13.4. The second-order valence-corrected chi connectivity index (χ2v) is 4.91. The third kappa shape index (κ3) is 5.07. The van der Waals surface area contributed by atoms with Crippen molar-refractivity contribution in [3.8, 4) is 0 Å². The van der Waals surface area contributed by atoms with E-state index >= 15 is 0 Å². The third-order valence-electron chi connectivity index (χ3n) is 3.01. The minimum atomic E-state index is -1.08. The van der Waals surface area contributed by atoms with Crippen molar-refractivity contribution < 1.29 is 14.3 Å². The summed E-state index contributed by atoms with van der Waals surface area (Å²) in [5.41, 5.74) is 5.05. The lowest BCUT2D eigenvalue weighted by molar-refractivity contribution is -0.126. The predicted octanol–water partition coefficient (Wildman–Crippen LogP) is 1.91. The van der Waals surface area contributed by atoms with Crippen LogP contribution >= 0.6 is 12.4 Å². The molecule has 114 valence electrons. The topological polar surface area (TPSA) is 75.4 Å². The van der Waals surface area contributed by atoms with Gasteiger partial charge in [0.15, 0.2) is 0 Å². The summed E-state index contributed by atoms with van der Waals surface area (Å²) >= 11 is 0. The Bertz CT molecular complexity index is 441. The number of aliphatic hydroxyl groups is 1. The van der Waals surface area contributed by atoms with Crippen molar-refractivity contribution in [2.45, 2.75) is 38.3 Å². The monoisotopic (exact) mass is 304 g/mol. The van der Waals surface area contributed by atoms with Crippen LogP contribution in [0.2, 0.25) is 0 Å². The van der Waals surface area contributed by atoms with Gasteiger partial charge in [-0.3, -0.25) is 4.79 Å². The minimum absolute atomic E-state index is 0. The highest BCUT2D eigenvalue weighted by atomic mass is 35.5. The van der Waals surface area contributed by atoms with Gasteiger partial charge in [-0.1, -0.05) is 31.5 Å². The summed E-state index contributed by atoms with van der Waals surface area (Å²) in [4.78, 5) is 11.8. The minimum Gasteiger partial charge on any atom is -0.386 e. The van der Waals surface area contributed by atoms with Crippen LogP contribution in [0, 0.1) is 5.82 Å². The number of aliphatic hydroxyl groups excluding tert-OH is 1. The first-order valence-corrected chi connectivity index (χ1v) is 6.38. The van der Waals surface area contributed by atoms with Crippen molar-refractivity contribution >= 4 is 18.3 Å². The SMILES string of the molecule is CCCC(C)(N)C(=O)NCC(O)c1ccccc1F.Cl. The zero-order chi connectivity index (χ0) is 14.5. The third-order valence-corrected chi connectivity index (χ3v) is 3.01. The highest BCUT2D eigenvalue weighted by Gasteiger charge is 2.27. The van der Waals surface area contributed by atoms with Crippen molar-refractivity contribution in [3.05, 3.63) is 35.6 Å². The highest BCUT2D eigenvalue weighted by molar-refractivity contribution is 5.85. The number of nitrogens with one attached hydrogen (secondary N) is 1. The van der Waals surface area contributed by atoms with Gasteiger partial charge in [0, 0.05) is 12.1 Å². The summed E-state index contributed by atoms with van der Waals surface area (Å²) in [7, 11) is 0. The average molecular weight is 305 g/mol. The number of carbonyl (C=O) groups is 1. The standard InChI is InChI=1S/C14H21FN2O2.ClH/c1-3-8-14(2,16)13(19)17-9-12(18)10-6-4-5-7-11(10)15;/h4-7,12,18H,3,8-9,16H2,1-2H3,(H,17,19);1H. The predicted molar refractivity (Wildman–Crippen MR) is 79.1 cm³/mol. The molecule has 1 rings (SSSR count). The Labute approximate surface area is 125 Å². The summed E-state index contributed by atoms with van der Waals surface area (Å²) in [6.07, 6.45) is 0.257. The lowest BCUT2D eigenvalue weighted by atomic mass is 9.96. The van der Waals surface area contributed by atoms with E-state index in [2.05, 4.69) is 5.32 Å². The summed E-state index contributed by atoms with van der Waals surface area (Å²) in [6.45, 7) is 3.52. The molecule has 0 fully saturated rings. The van der Waals surface area contributed by atoms with Crippen LogP contribution in [-0.2, 0) is 4.79 Å². The molecule has 4 nitrogen and oxygen atoms in total. The number of amides is 1. The molecule has 20 heavy (non-hydrogen) atoms. The van der Waals surface area contributed by atoms with Crippen molar-refractivity contribution in [2.24, 2.45) is 5.73 Å². The Morgan fingerprint density at radius 2 is 2.10 bits per heavy atom. The molecule has 1 aromatic rings. The molecule has 4 N–H and O–H groups in total. The van der Waals surface area contributed by atoms with Crippen LogP contribution < -0.4 is 11.1 Å². The zero-order valence-corrected chi connectivity index (χ0v) is 12.5. The Kier molecular flexibility index (Phi) is 7.71. The van der Waals surface area contributed by atoms with Gasteiger partial charge in [-0.15, -0.1) is 12.4 Å². The summed E-state index contributed by atoms with van der Waals surface area (Å²) < 4.78 is 13.4. The van der Waals surface area contributed by atoms with E-state index in [0.29, 0.717) is 6.42 Å². The Hall–Kier alpha value is -1.17. The normalized spacial score (nSPS) is 14.8. The molecule has 0 aliphatic carbocycles. The van der Waals surface area contributed by atoms with Gasteiger partial charge in [0.05, 0.1) is 11.6 Å². The van der Waals surface area contributed by atoms with Crippen LogP contribution in [0.5, 0.6) is 0 Å². The Morgan fingerprint density at radius 1 is 1.50 bits per heavy atom. The van der Waals surface area contributed by atoms with Gasteiger partial charge in [-0.05, 0) is 19.4 Å². The van der Waals surface area contributed by atoms with Gasteiger partial charge in [0.2, 0.25) is 5.91 Å². The van der Waals surface area contributed by atoms with E-state index < -0.39 is 17.5 Å². The van der Waals surface area contributed by atoms with Crippen molar-refractivity contribution in [3.63, 3.8) is 0 Å². The highest BCUT2D eigenvalue weighted by Crippen LogP contribution is 2.16.